The summed E-state index contributed by atoms with van der Waals surface area (Å²) >= 11 is 0. The number of hydrogen-bond donors (Lipinski definition) is 1. The summed E-state index contributed by atoms with van der Waals surface area (Å²) in [6.45, 7) is 3.43. The van der Waals surface area contributed by atoms with E-state index in [1.165, 1.54) is 6.92 Å². The molecule has 0 aliphatic heterocycles. The van der Waals surface area contributed by atoms with Gasteiger partial charge in [0.15, 0.2) is 0 Å². The van der Waals surface area contributed by atoms with Gasteiger partial charge in [-0.2, -0.15) is 0 Å². The molecule has 4 heteroatoms. The molecule has 0 spiro atoms. The van der Waals surface area contributed by atoms with Gasteiger partial charge < -0.3 is 10.1 Å². The maximum absolute atomic E-state index is 11.9. The predicted octanol–water partition coefficient (Wildman–Crippen LogP) is 2.96. The third kappa shape index (κ3) is 4.95. The van der Waals surface area contributed by atoms with Crippen LogP contribution in [0.15, 0.2) is 54.6 Å². The van der Waals surface area contributed by atoms with E-state index < -0.39 is 12.0 Å². The van der Waals surface area contributed by atoms with E-state index in [-0.39, 0.29) is 5.91 Å². The van der Waals surface area contributed by atoms with Crippen molar-refractivity contribution in [2.45, 2.75) is 26.3 Å². The normalized spacial score (nSPS) is 11.6. The van der Waals surface area contributed by atoms with E-state index in [4.69, 9.17) is 4.74 Å². The molecule has 23 heavy (non-hydrogen) atoms. The third-order valence-electron chi connectivity index (χ3n) is 3.45. The number of hydrogen-bond acceptors (Lipinski definition) is 3. The van der Waals surface area contributed by atoms with Crippen LogP contribution in [0.4, 0.5) is 0 Å². The minimum Gasteiger partial charge on any atom is -0.464 e. The van der Waals surface area contributed by atoms with Crippen molar-refractivity contribution in [3.05, 3.63) is 60.2 Å². The lowest BCUT2D eigenvalue weighted by Gasteiger charge is -2.16. The first kappa shape index (κ1) is 16.7. The Labute approximate surface area is 136 Å². The average molecular weight is 311 g/mol. The molecule has 0 saturated carbocycles. The first-order valence-corrected chi connectivity index (χ1v) is 7.68. The van der Waals surface area contributed by atoms with E-state index in [1.54, 1.807) is 6.92 Å². The fourth-order valence-corrected chi connectivity index (χ4v) is 2.38. The van der Waals surface area contributed by atoms with Crippen molar-refractivity contribution in [2.75, 3.05) is 6.61 Å². The molecule has 4 nitrogen and oxygen atoms in total. The summed E-state index contributed by atoms with van der Waals surface area (Å²) in [5, 5.41) is 2.65. The molecule has 0 fully saturated rings. The van der Waals surface area contributed by atoms with Crippen LogP contribution < -0.4 is 5.32 Å². The summed E-state index contributed by atoms with van der Waals surface area (Å²) in [5.74, 6) is -0.654. The topological polar surface area (TPSA) is 55.4 Å². The van der Waals surface area contributed by atoms with Gasteiger partial charge in [-0.05, 0) is 23.6 Å². The number of esters is 1. The Kier molecular flexibility index (Phi) is 5.92. The summed E-state index contributed by atoms with van der Waals surface area (Å²) in [7, 11) is 0. The van der Waals surface area contributed by atoms with Crippen molar-refractivity contribution < 1.29 is 14.3 Å². The van der Waals surface area contributed by atoms with Crippen LogP contribution in [-0.4, -0.2) is 24.5 Å². The largest absolute Gasteiger partial charge is 0.464 e. The van der Waals surface area contributed by atoms with Crippen LogP contribution in [0.1, 0.15) is 19.4 Å². The summed E-state index contributed by atoms with van der Waals surface area (Å²) in [4.78, 5) is 23.2. The predicted molar refractivity (Wildman–Crippen MR) is 89.8 cm³/mol. The second-order valence-electron chi connectivity index (χ2n) is 5.27. The van der Waals surface area contributed by atoms with Gasteiger partial charge in [-0.15, -0.1) is 0 Å². The summed E-state index contributed by atoms with van der Waals surface area (Å²) in [6.07, 6.45) is 0.410. The quantitative estimate of drug-likeness (QED) is 0.835. The number of ether oxygens (including phenoxy) is 1. The molecule has 1 atom stereocenters. The van der Waals surface area contributed by atoms with Crippen LogP contribution in [0.2, 0.25) is 0 Å². The van der Waals surface area contributed by atoms with Crippen molar-refractivity contribution in [2.24, 2.45) is 0 Å². The van der Waals surface area contributed by atoms with Gasteiger partial charge >= 0.3 is 5.97 Å². The van der Waals surface area contributed by atoms with E-state index in [0.29, 0.717) is 13.0 Å². The molecule has 0 heterocycles. The fourth-order valence-electron chi connectivity index (χ4n) is 2.38. The molecular weight excluding hydrogens is 290 g/mol. The first-order chi connectivity index (χ1) is 11.1. The molecule has 1 unspecified atom stereocenters. The maximum Gasteiger partial charge on any atom is 0.328 e. The zero-order valence-corrected chi connectivity index (χ0v) is 13.4. The highest BCUT2D eigenvalue weighted by atomic mass is 16.5. The zero-order chi connectivity index (χ0) is 16.7. The number of carbonyl (C=O) groups is 2. The van der Waals surface area contributed by atoms with Gasteiger partial charge in [0.2, 0.25) is 5.91 Å². The van der Waals surface area contributed by atoms with Crippen molar-refractivity contribution in [1.29, 1.82) is 0 Å². The molecule has 2 rings (SSSR count). The van der Waals surface area contributed by atoms with Crippen LogP contribution in [-0.2, 0) is 20.7 Å². The minimum atomic E-state index is -0.657. The Morgan fingerprint density at radius 3 is 2.17 bits per heavy atom. The second kappa shape index (κ2) is 8.13. The number of benzene rings is 2. The van der Waals surface area contributed by atoms with Crippen molar-refractivity contribution >= 4 is 11.9 Å². The zero-order valence-electron chi connectivity index (χ0n) is 13.4. The van der Waals surface area contributed by atoms with E-state index in [9.17, 15) is 9.59 Å². The molecule has 1 N–H and O–H groups in total. The van der Waals surface area contributed by atoms with Crippen molar-refractivity contribution in [1.82, 2.24) is 5.32 Å². The molecule has 0 saturated heterocycles. The van der Waals surface area contributed by atoms with Gasteiger partial charge in [-0.25, -0.2) is 4.79 Å². The van der Waals surface area contributed by atoms with Crippen molar-refractivity contribution in [3.8, 4) is 11.1 Å². The lowest BCUT2D eigenvalue weighted by molar-refractivity contribution is -0.147. The second-order valence-corrected chi connectivity index (χ2v) is 5.27. The van der Waals surface area contributed by atoms with Crippen LogP contribution in [0.3, 0.4) is 0 Å². The summed E-state index contributed by atoms with van der Waals surface area (Å²) in [5.41, 5.74) is 3.22. The summed E-state index contributed by atoms with van der Waals surface area (Å²) < 4.78 is 5.02. The number of rotatable bonds is 6. The molecule has 0 bridgehead atoms. The highest BCUT2D eigenvalue weighted by Gasteiger charge is 2.21. The van der Waals surface area contributed by atoms with Crippen LogP contribution >= 0.6 is 0 Å². The van der Waals surface area contributed by atoms with Gasteiger partial charge in [-0.3, -0.25) is 4.79 Å². The Morgan fingerprint density at radius 2 is 1.61 bits per heavy atom. The van der Waals surface area contributed by atoms with Gasteiger partial charge in [0.1, 0.15) is 6.04 Å². The lowest BCUT2D eigenvalue weighted by atomic mass is 10.0. The standard InChI is InChI=1S/C19H21NO3/c1-3-23-19(22)18(20-14(2)21)13-15-9-11-17(12-10-15)16-7-5-4-6-8-16/h4-12,18H,3,13H2,1-2H3,(H,20,21). The molecule has 0 radical (unpaired) electrons. The van der Waals surface area contributed by atoms with E-state index in [2.05, 4.69) is 5.32 Å². The van der Waals surface area contributed by atoms with E-state index in [0.717, 1.165) is 16.7 Å². The molecule has 0 aromatic heterocycles. The monoisotopic (exact) mass is 311 g/mol. The minimum absolute atomic E-state index is 0.246. The Morgan fingerprint density at radius 1 is 1.00 bits per heavy atom. The number of carbonyl (C=O) groups excluding carboxylic acids is 2. The number of amides is 1. The first-order valence-electron chi connectivity index (χ1n) is 7.68. The Hall–Kier alpha value is -2.62. The molecule has 1 amide bonds. The van der Waals surface area contributed by atoms with Gasteiger partial charge in [-0.1, -0.05) is 54.6 Å². The molecule has 0 aliphatic rings. The molecular formula is C19H21NO3. The lowest BCUT2D eigenvalue weighted by Crippen LogP contribution is -2.42. The smallest absolute Gasteiger partial charge is 0.328 e. The van der Waals surface area contributed by atoms with Crippen LogP contribution in [0.25, 0.3) is 11.1 Å². The molecule has 2 aromatic carbocycles. The fraction of sp³-hybridized carbons (Fsp3) is 0.263. The van der Waals surface area contributed by atoms with Gasteiger partial charge in [0.05, 0.1) is 6.61 Å². The highest BCUT2D eigenvalue weighted by Crippen LogP contribution is 2.19. The van der Waals surface area contributed by atoms with E-state index >= 15 is 0 Å². The number of nitrogens with one attached hydrogen (secondary N) is 1. The SMILES string of the molecule is CCOC(=O)C(Cc1ccc(-c2ccccc2)cc1)NC(C)=O. The van der Waals surface area contributed by atoms with Crippen molar-refractivity contribution in [3.63, 3.8) is 0 Å². The van der Waals surface area contributed by atoms with Gasteiger partial charge in [0.25, 0.3) is 0 Å². The van der Waals surface area contributed by atoms with E-state index in [1.807, 2.05) is 54.6 Å². The molecule has 2 aromatic rings. The molecule has 120 valence electrons. The highest BCUT2D eigenvalue weighted by molar-refractivity contribution is 5.83. The maximum atomic E-state index is 11.9. The van der Waals surface area contributed by atoms with Gasteiger partial charge in [0, 0.05) is 13.3 Å². The Balaban J connectivity index is 2.11. The van der Waals surface area contributed by atoms with Crippen LogP contribution in [0.5, 0.6) is 0 Å². The summed E-state index contributed by atoms with van der Waals surface area (Å²) in [6, 6.07) is 17.4. The van der Waals surface area contributed by atoms with Crippen LogP contribution in [0, 0.1) is 0 Å². The molecule has 0 aliphatic carbocycles. The third-order valence-corrected chi connectivity index (χ3v) is 3.45. The average Bonchev–Trinajstić information content (AvgIpc) is 2.55. The Bertz CT molecular complexity index is 650.